The molecule has 0 saturated heterocycles. The Morgan fingerprint density at radius 1 is 0.903 bits per heavy atom. The molecule has 0 fully saturated rings. The Hall–Kier alpha value is -2.79. The summed E-state index contributed by atoms with van der Waals surface area (Å²) in [6.07, 6.45) is 2.07. The third-order valence-electron chi connectivity index (χ3n) is 4.79. The van der Waals surface area contributed by atoms with Gasteiger partial charge in [0.2, 0.25) is 5.52 Å². The monoisotopic (exact) mass is 448 g/mol. The summed E-state index contributed by atoms with van der Waals surface area (Å²) in [6, 6.07) is 11.3. The van der Waals surface area contributed by atoms with E-state index in [2.05, 4.69) is 0 Å². The quantitative estimate of drug-likeness (QED) is 0.272. The van der Waals surface area contributed by atoms with Gasteiger partial charge in [0.1, 0.15) is 29.0 Å². The second-order valence-corrected chi connectivity index (χ2v) is 9.59. The number of esters is 1. The molecule has 0 saturated carbocycles. The molecule has 31 heavy (non-hydrogen) atoms. The van der Waals surface area contributed by atoms with Crippen LogP contribution in [-0.4, -0.2) is 45.6 Å². The van der Waals surface area contributed by atoms with Crippen LogP contribution in [0.3, 0.4) is 0 Å². The van der Waals surface area contributed by atoms with Crippen LogP contribution in [0.4, 0.5) is 0 Å². The standard InChI is InChI=1S/C23H29O7P/c1-5-6-10-13-30-21(24)16-31(26,18-11-8-7-9-12-18)23(25)22-19(28-3)14-17(27-2)15-20(22)29-4/h7-9,11-12,14-15H,5-6,10,13,16H2,1-4H3. The van der Waals surface area contributed by atoms with Crippen LogP contribution in [0.15, 0.2) is 42.5 Å². The summed E-state index contributed by atoms with van der Waals surface area (Å²) in [6.45, 7) is 2.27. The zero-order chi connectivity index (χ0) is 22.9. The number of carbonyl (C=O) groups excluding carboxylic acids is 2. The van der Waals surface area contributed by atoms with Crippen LogP contribution in [0.2, 0.25) is 0 Å². The normalized spacial score (nSPS) is 12.5. The number of ether oxygens (including phenoxy) is 4. The van der Waals surface area contributed by atoms with Crippen LogP contribution in [0.25, 0.3) is 0 Å². The first-order valence-corrected chi connectivity index (χ1v) is 12.0. The van der Waals surface area contributed by atoms with E-state index in [0.717, 1.165) is 12.8 Å². The topological polar surface area (TPSA) is 88.1 Å². The van der Waals surface area contributed by atoms with Gasteiger partial charge in [-0.05, 0) is 6.42 Å². The highest BCUT2D eigenvalue weighted by atomic mass is 31.2. The van der Waals surface area contributed by atoms with E-state index in [0.29, 0.717) is 12.2 Å². The first kappa shape index (κ1) is 24.5. The van der Waals surface area contributed by atoms with E-state index in [1.807, 2.05) is 6.92 Å². The molecule has 2 rings (SSSR count). The van der Waals surface area contributed by atoms with Crippen LogP contribution < -0.4 is 19.5 Å². The van der Waals surface area contributed by atoms with E-state index in [4.69, 9.17) is 18.9 Å². The Morgan fingerprint density at radius 3 is 2.03 bits per heavy atom. The highest BCUT2D eigenvalue weighted by molar-refractivity contribution is 7.88. The van der Waals surface area contributed by atoms with Crippen molar-refractivity contribution in [1.82, 2.24) is 0 Å². The summed E-state index contributed by atoms with van der Waals surface area (Å²) in [5, 5.41) is 0.269. The summed E-state index contributed by atoms with van der Waals surface area (Å²) < 4.78 is 35.3. The lowest BCUT2D eigenvalue weighted by Crippen LogP contribution is -2.22. The highest BCUT2D eigenvalue weighted by Crippen LogP contribution is 2.51. The van der Waals surface area contributed by atoms with Gasteiger partial charge in [-0.15, -0.1) is 0 Å². The molecular weight excluding hydrogens is 419 g/mol. The van der Waals surface area contributed by atoms with Crippen LogP contribution in [0.5, 0.6) is 17.2 Å². The number of hydrogen-bond donors (Lipinski definition) is 0. The molecule has 0 aliphatic heterocycles. The maximum absolute atomic E-state index is 14.1. The molecule has 1 unspecified atom stereocenters. The second-order valence-electron chi connectivity index (χ2n) is 6.87. The molecule has 0 N–H and O–H groups in total. The molecule has 0 aromatic heterocycles. The van der Waals surface area contributed by atoms with Crippen molar-refractivity contribution in [1.29, 1.82) is 0 Å². The molecule has 0 spiro atoms. The van der Waals surface area contributed by atoms with Gasteiger partial charge in [-0.3, -0.25) is 9.59 Å². The smallest absolute Gasteiger partial charge is 0.314 e. The number of methoxy groups -OCH3 is 3. The lowest BCUT2D eigenvalue weighted by atomic mass is 10.2. The first-order valence-electron chi connectivity index (χ1n) is 10.1. The molecule has 0 amide bonds. The van der Waals surface area contributed by atoms with E-state index < -0.39 is 24.8 Å². The maximum atomic E-state index is 14.1. The highest BCUT2D eigenvalue weighted by Gasteiger charge is 2.40. The summed E-state index contributed by atoms with van der Waals surface area (Å²) in [4.78, 5) is 26.2. The fraction of sp³-hybridized carbons (Fsp3) is 0.391. The number of unbranched alkanes of at least 4 members (excludes halogenated alkanes) is 2. The zero-order valence-electron chi connectivity index (χ0n) is 18.4. The molecule has 0 radical (unpaired) electrons. The van der Waals surface area contributed by atoms with Crippen molar-refractivity contribution in [3.8, 4) is 17.2 Å². The molecule has 7 nitrogen and oxygen atoms in total. The Morgan fingerprint density at radius 2 is 1.52 bits per heavy atom. The minimum atomic E-state index is -3.91. The van der Waals surface area contributed by atoms with Gasteiger partial charge in [0.25, 0.3) is 0 Å². The first-order chi connectivity index (χ1) is 14.9. The van der Waals surface area contributed by atoms with Crippen molar-refractivity contribution in [2.75, 3.05) is 34.1 Å². The van der Waals surface area contributed by atoms with Crippen LogP contribution in [0.1, 0.15) is 36.5 Å². The average molecular weight is 448 g/mol. The molecule has 0 heterocycles. The molecule has 2 aromatic carbocycles. The lowest BCUT2D eigenvalue weighted by molar-refractivity contribution is -0.140. The fourth-order valence-corrected chi connectivity index (χ4v) is 5.36. The van der Waals surface area contributed by atoms with Crippen molar-refractivity contribution >= 4 is 23.9 Å². The Balaban J connectivity index is 2.50. The third-order valence-corrected chi connectivity index (χ3v) is 7.51. The molecule has 8 heteroatoms. The molecular formula is C23H29O7P. The largest absolute Gasteiger partial charge is 0.496 e. The van der Waals surface area contributed by atoms with E-state index in [9.17, 15) is 14.2 Å². The van der Waals surface area contributed by atoms with Crippen molar-refractivity contribution in [3.63, 3.8) is 0 Å². The van der Waals surface area contributed by atoms with Gasteiger partial charge in [-0.1, -0.05) is 50.1 Å². The Labute approximate surface area is 183 Å². The molecule has 168 valence electrons. The minimum Gasteiger partial charge on any atom is -0.496 e. The van der Waals surface area contributed by atoms with Crippen molar-refractivity contribution in [2.45, 2.75) is 26.2 Å². The summed E-state index contributed by atoms with van der Waals surface area (Å²) in [5.74, 6) is 0.0283. The van der Waals surface area contributed by atoms with Gasteiger partial charge < -0.3 is 23.5 Å². The van der Waals surface area contributed by atoms with Crippen LogP contribution in [-0.2, 0) is 14.1 Å². The van der Waals surface area contributed by atoms with Crippen LogP contribution in [0, 0.1) is 0 Å². The van der Waals surface area contributed by atoms with Crippen molar-refractivity contribution < 1.29 is 33.1 Å². The van der Waals surface area contributed by atoms with E-state index >= 15 is 0 Å². The fourth-order valence-electron chi connectivity index (χ4n) is 3.11. The molecule has 0 bridgehead atoms. The second kappa shape index (κ2) is 11.6. The van der Waals surface area contributed by atoms with Gasteiger partial charge in [-0.2, -0.15) is 0 Å². The van der Waals surface area contributed by atoms with Gasteiger partial charge in [-0.25, -0.2) is 0 Å². The average Bonchev–Trinajstić information content (AvgIpc) is 2.80. The van der Waals surface area contributed by atoms with Gasteiger partial charge in [0.15, 0.2) is 7.14 Å². The van der Waals surface area contributed by atoms with E-state index in [1.54, 1.807) is 30.3 Å². The Bertz CT molecular complexity index is 915. The predicted octanol–water partition coefficient (Wildman–Crippen LogP) is 4.27. The maximum Gasteiger partial charge on any atom is 0.314 e. The van der Waals surface area contributed by atoms with Gasteiger partial charge in [0.05, 0.1) is 27.9 Å². The van der Waals surface area contributed by atoms with Crippen molar-refractivity contribution in [3.05, 3.63) is 48.0 Å². The number of benzene rings is 2. The number of rotatable bonds is 12. The lowest BCUT2D eigenvalue weighted by Gasteiger charge is -2.20. The number of hydrogen-bond acceptors (Lipinski definition) is 7. The van der Waals surface area contributed by atoms with Crippen molar-refractivity contribution in [2.24, 2.45) is 0 Å². The third kappa shape index (κ3) is 5.88. The Kier molecular flexibility index (Phi) is 9.13. The minimum absolute atomic E-state index is 0.00299. The molecule has 0 aliphatic rings. The van der Waals surface area contributed by atoms with E-state index in [-0.39, 0.29) is 29.0 Å². The zero-order valence-corrected chi connectivity index (χ0v) is 19.3. The molecule has 1 atom stereocenters. The number of carbonyl (C=O) groups is 2. The summed E-state index contributed by atoms with van der Waals surface area (Å²) in [7, 11) is 0.336. The molecule has 0 aliphatic carbocycles. The summed E-state index contributed by atoms with van der Waals surface area (Å²) in [5.41, 5.74) is -0.739. The van der Waals surface area contributed by atoms with Crippen LogP contribution >= 0.6 is 7.14 Å². The van der Waals surface area contributed by atoms with Gasteiger partial charge in [0, 0.05) is 17.4 Å². The van der Waals surface area contributed by atoms with E-state index in [1.165, 1.54) is 33.5 Å². The van der Waals surface area contributed by atoms with Gasteiger partial charge >= 0.3 is 5.97 Å². The molecule has 2 aromatic rings. The SMILES string of the molecule is CCCCCOC(=O)CP(=O)(C(=O)c1c(OC)cc(OC)cc1OC)c1ccccc1. The summed E-state index contributed by atoms with van der Waals surface area (Å²) >= 11 is 0. The predicted molar refractivity (Wildman–Crippen MR) is 119 cm³/mol.